The monoisotopic (exact) mass is 364 g/mol. The Bertz CT molecular complexity index is 860. The van der Waals surface area contributed by atoms with Gasteiger partial charge in [-0.05, 0) is 35.7 Å². The van der Waals surface area contributed by atoms with E-state index < -0.39 is 6.04 Å². The van der Waals surface area contributed by atoms with Gasteiger partial charge in [0, 0.05) is 30.6 Å². The third-order valence-corrected chi connectivity index (χ3v) is 4.31. The number of benzene rings is 2. The first-order chi connectivity index (χ1) is 13.0. The minimum atomic E-state index is -0.431. The molecule has 0 aromatic heterocycles. The van der Waals surface area contributed by atoms with Crippen LogP contribution in [0.5, 0.6) is 0 Å². The minimum absolute atomic E-state index is 0.150. The molecule has 0 saturated heterocycles. The first kappa shape index (κ1) is 19.9. The van der Waals surface area contributed by atoms with Crippen molar-refractivity contribution >= 4 is 23.6 Å². The molecule has 6 heteroatoms. The molecule has 140 valence electrons. The molecule has 2 rings (SSSR count). The molecule has 1 atom stereocenters. The van der Waals surface area contributed by atoms with Gasteiger partial charge in [0.25, 0.3) is 5.91 Å². The normalized spacial score (nSPS) is 12.1. The van der Waals surface area contributed by atoms with Gasteiger partial charge in [0.05, 0.1) is 12.5 Å². The van der Waals surface area contributed by atoms with Gasteiger partial charge in [-0.25, -0.2) is 0 Å². The van der Waals surface area contributed by atoms with Crippen LogP contribution < -0.4 is 16.4 Å². The molecule has 0 fully saturated rings. The van der Waals surface area contributed by atoms with Crippen molar-refractivity contribution in [3.8, 4) is 0 Å². The third-order valence-electron chi connectivity index (χ3n) is 4.31. The number of nitrogens with two attached hydrogens (primary N) is 1. The topological polar surface area (TPSA) is 108 Å². The quantitative estimate of drug-likeness (QED) is 0.567. The maximum Gasteiger partial charge on any atom is 0.251 e. The van der Waals surface area contributed by atoms with Gasteiger partial charge in [0.1, 0.15) is 0 Å². The number of hydrogen-bond donors (Lipinski definition) is 4. The summed E-state index contributed by atoms with van der Waals surface area (Å²) in [6.07, 6.45) is 2.69. The molecule has 0 saturated carbocycles. The average Bonchev–Trinajstić information content (AvgIpc) is 2.69. The number of allylic oxidation sites excluding steroid dienone is 1. The van der Waals surface area contributed by atoms with Crippen molar-refractivity contribution in [2.24, 2.45) is 5.73 Å². The van der Waals surface area contributed by atoms with E-state index in [1.165, 1.54) is 12.4 Å². The van der Waals surface area contributed by atoms with E-state index in [1.807, 2.05) is 37.3 Å². The zero-order valence-corrected chi connectivity index (χ0v) is 15.5. The van der Waals surface area contributed by atoms with Crippen LogP contribution in [0.4, 0.5) is 0 Å². The number of amides is 2. The number of hydrogen-bond acceptors (Lipinski definition) is 4. The predicted octanol–water partition coefficient (Wildman–Crippen LogP) is 2.55. The number of aryl methyl sites for hydroxylation is 1. The Morgan fingerprint density at radius 2 is 1.89 bits per heavy atom. The molecule has 2 amide bonds. The zero-order valence-electron chi connectivity index (χ0n) is 15.5. The van der Waals surface area contributed by atoms with Crippen LogP contribution in [0.1, 0.15) is 39.5 Å². The Hall–Kier alpha value is -3.41. The van der Waals surface area contributed by atoms with E-state index >= 15 is 0 Å². The van der Waals surface area contributed by atoms with Crippen LogP contribution in [0.3, 0.4) is 0 Å². The molecule has 2 aromatic carbocycles. The molecule has 0 aliphatic rings. The average molecular weight is 364 g/mol. The highest BCUT2D eigenvalue weighted by atomic mass is 16.2. The Labute approximate surface area is 159 Å². The fourth-order valence-corrected chi connectivity index (χ4v) is 2.81. The van der Waals surface area contributed by atoms with E-state index in [2.05, 4.69) is 10.6 Å². The highest BCUT2D eigenvalue weighted by Gasteiger charge is 2.19. The molecule has 0 heterocycles. The molecule has 0 aliphatic carbocycles. The molecule has 27 heavy (non-hydrogen) atoms. The van der Waals surface area contributed by atoms with Crippen LogP contribution in [0.2, 0.25) is 0 Å². The van der Waals surface area contributed by atoms with Crippen LogP contribution >= 0.6 is 0 Å². The number of nitrogens with one attached hydrogen (secondary N) is 3. The van der Waals surface area contributed by atoms with Crippen LogP contribution in [-0.2, 0) is 4.79 Å². The van der Waals surface area contributed by atoms with Crippen molar-refractivity contribution < 1.29 is 9.59 Å². The van der Waals surface area contributed by atoms with Gasteiger partial charge in [-0.2, -0.15) is 0 Å². The maximum atomic E-state index is 12.7. The minimum Gasteiger partial charge on any atom is -0.404 e. The molecule has 1 unspecified atom stereocenters. The summed E-state index contributed by atoms with van der Waals surface area (Å²) in [6, 6.07) is 14.2. The number of rotatable bonds is 7. The van der Waals surface area contributed by atoms with Gasteiger partial charge in [0.2, 0.25) is 5.91 Å². The fourth-order valence-electron chi connectivity index (χ4n) is 2.81. The second-order valence-corrected chi connectivity index (χ2v) is 6.11. The first-order valence-corrected chi connectivity index (χ1v) is 8.60. The smallest absolute Gasteiger partial charge is 0.251 e. The summed E-state index contributed by atoms with van der Waals surface area (Å²) in [6.45, 7) is 1.86. The highest BCUT2D eigenvalue weighted by molar-refractivity contribution is 6.09. The van der Waals surface area contributed by atoms with Crippen molar-refractivity contribution in [3.05, 3.63) is 77.0 Å². The molecule has 0 spiro atoms. The largest absolute Gasteiger partial charge is 0.404 e. The molecule has 0 radical (unpaired) electrons. The van der Waals surface area contributed by atoms with Crippen molar-refractivity contribution in [1.29, 1.82) is 5.41 Å². The van der Waals surface area contributed by atoms with Crippen molar-refractivity contribution in [2.45, 2.75) is 19.4 Å². The Morgan fingerprint density at radius 1 is 1.19 bits per heavy atom. The second kappa shape index (κ2) is 9.33. The summed E-state index contributed by atoms with van der Waals surface area (Å²) in [5.74, 6) is -0.421. The molecular weight excluding hydrogens is 340 g/mol. The van der Waals surface area contributed by atoms with E-state index in [9.17, 15) is 9.59 Å². The van der Waals surface area contributed by atoms with Crippen molar-refractivity contribution in [2.75, 3.05) is 7.05 Å². The van der Waals surface area contributed by atoms with E-state index in [0.717, 1.165) is 16.7 Å². The SMILES string of the molecule is CNC(=O)CC(NC(=O)c1ccc(/C(C=N)=C/N)c(C)c1)c1ccccc1. The highest BCUT2D eigenvalue weighted by Crippen LogP contribution is 2.20. The molecular formula is C21H24N4O2. The second-order valence-electron chi connectivity index (χ2n) is 6.11. The molecule has 0 aliphatic heterocycles. The number of carbonyl (C=O) groups excluding carboxylic acids is 2. The predicted molar refractivity (Wildman–Crippen MR) is 107 cm³/mol. The molecule has 0 bridgehead atoms. The molecule has 5 N–H and O–H groups in total. The van der Waals surface area contributed by atoms with Gasteiger partial charge in [-0.1, -0.05) is 36.4 Å². The van der Waals surface area contributed by atoms with Gasteiger partial charge in [0.15, 0.2) is 0 Å². The third kappa shape index (κ3) is 5.04. The van der Waals surface area contributed by atoms with Gasteiger partial charge in [-0.15, -0.1) is 0 Å². The lowest BCUT2D eigenvalue weighted by Gasteiger charge is -2.19. The summed E-state index contributed by atoms with van der Waals surface area (Å²) in [4.78, 5) is 24.6. The lowest BCUT2D eigenvalue weighted by molar-refractivity contribution is -0.121. The Morgan fingerprint density at radius 3 is 2.44 bits per heavy atom. The Balaban J connectivity index is 2.25. The zero-order chi connectivity index (χ0) is 19.8. The fraction of sp³-hybridized carbons (Fsp3) is 0.190. The standard InChI is InChI=1S/C21H24N4O2/c1-14-10-16(8-9-18(14)17(12-22)13-23)21(27)25-19(11-20(26)24-2)15-6-4-3-5-7-15/h3-10,12-13,19,22H,11,23H2,1-2H3,(H,24,26)(H,25,27)/b17-13+,22-12?. The van der Waals surface area contributed by atoms with Crippen LogP contribution in [0.25, 0.3) is 5.57 Å². The summed E-state index contributed by atoms with van der Waals surface area (Å²) in [5.41, 5.74) is 9.11. The van der Waals surface area contributed by atoms with Crippen LogP contribution in [0, 0.1) is 12.3 Å². The van der Waals surface area contributed by atoms with E-state index in [1.54, 1.807) is 25.2 Å². The van der Waals surface area contributed by atoms with Gasteiger partial charge in [-0.3, -0.25) is 9.59 Å². The summed E-state index contributed by atoms with van der Waals surface area (Å²) in [5, 5.41) is 12.9. The van der Waals surface area contributed by atoms with E-state index in [0.29, 0.717) is 11.1 Å². The molecule has 6 nitrogen and oxygen atoms in total. The van der Waals surface area contributed by atoms with Crippen molar-refractivity contribution in [1.82, 2.24) is 10.6 Å². The lowest BCUT2D eigenvalue weighted by Crippen LogP contribution is -2.32. The van der Waals surface area contributed by atoms with Crippen molar-refractivity contribution in [3.63, 3.8) is 0 Å². The summed E-state index contributed by atoms with van der Waals surface area (Å²) in [7, 11) is 1.57. The van der Waals surface area contributed by atoms with Gasteiger partial charge >= 0.3 is 0 Å². The molecule has 2 aromatic rings. The maximum absolute atomic E-state index is 12.7. The van der Waals surface area contributed by atoms with Gasteiger partial charge < -0.3 is 21.8 Å². The first-order valence-electron chi connectivity index (χ1n) is 8.60. The number of carbonyl (C=O) groups is 2. The summed E-state index contributed by atoms with van der Waals surface area (Å²) < 4.78 is 0. The Kier molecular flexibility index (Phi) is 6.88. The van der Waals surface area contributed by atoms with E-state index in [-0.39, 0.29) is 18.2 Å². The summed E-state index contributed by atoms with van der Waals surface area (Å²) >= 11 is 0. The van der Waals surface area contributed by atoms with E-state index in [4.69, 9.17) is 11.1 Å². The lowest BCUT2D eigenvalue weighted by atomic mass is 9.98. The van der Waals surface area contributed by atoms with Crippen LogP contribution in [-0.4, -0.2) is 25.1 Å². The van der Waals surface area contributed by atoms with Crippen LogP contribution in [0.15, 0.2) is 54.7 Å².